The van der Waals surface area contributed by atoms with E-state index in [4.69, 9.17) is 4.74 Å². The molecular formula is C16H24N4O6S. The van der Waals surface area contributed by atoms with Crippen LogP contribution in [0.4, 0.5) is 16.2 Å². The SMILES string of the molecule is CNC(=O)OCCNS(=O)(=O)c1ccc(NC2CCCCC2)c([N+](=O)[O-])c1. The minimum atomic E-state index is -3.96. The van der Waals surface area contributed by atoms with Gasteiger partial charge in [-0.2, -0.15) is 0 Å². The molecular weight excluding hydrogens is 376 g/mol. The van der Waals surface area contributed by atoms with Crippen molar-refractivity contribution in [1.82, 2.24) is 10.0 Å². The van der Waals surface area contributed by atoms with Gasteiger partial charge in [-0.3, -0.25) is 10.1 Å². The number of amides is 1. The van der Waals surface area contributed by atoms with Gasteiger partial charge in [0, 0.05) is 25.7 Å². The molecule has 0 bridgehead atoms. The molecule has 11 heteroatoms. The number of nitro groups is 1. The van der Waals surface area contributed by atoms with Crippen LogP contribution in [0.2, 0.25) is 0 Å². The summed E-state index contributed by atoms with van der Waals surface area (Å²) in [5.41, 5.74) is 0.0267. The number of carbonyl (C=O) groups excluding carboxylic acids is 1. The van der Waals surface area contributed by atoms with Crippen LogP contribution in [0.3, 0.4) is 0 Å². The van der Waals surface area contributed by atoms with Crippen molar-refractivity contribution in [2.75, 3.05) is 25.5 Å². The van der Waals surface area contributed by atoms with Gasteiger partial charge in [0.05, 0.1) is 9.82 Å². The maximum atomic E-state index is 12.3. The lowest BCUT2D eigenvalue weighted by Crippen LogP contribution is -2.30. The molecule has 0 saturated heterocycles. The number of nitrogens with one attached hydrogen (secondary N) is 3. The van der Waals surface area contributed by atoms with Gasteiger partial charge in [-0.05, 0) is 25.0 Å². The molecule has 1 saturated carbocycles. The third-order valence-corrected chi connectivity index (χ3v) is 5.73. The molecule has 0 unspecified atom stereocenters. The predicted molar refractivity (Wildman–Crippen MR) is 99.2 cm³/mol. The fourth-order valence-electron chi connectivity index (χ4n) is 2.89. The summed E-state index contributed by atoms with van der Waals surface area (Å²) in [5, 5.41) is 16.8. The summed E-state index contributed by atoms with van der Waals surface area (Å²) in [5.74, 6) is 0. The lowest BCUT2D eigenvalue weighted by Gasteiger charge is -2.23. The van der Waals surface area contributed by atoms with Crippen LogP contribution in [-0.2, 0) is 14.8 Å². The van der Waals surface area contributed by atoms with Crippen molar-refractivity contribution in [1.29, 1.82) is 0 Å². The van der Waals surface area contributed by atoms with Crippen molar-refractivity contribution in [2.45, 2.75) is 43.0 Å². The molecule has 10 nitrogen and oxygen atoms in total. The Hall–Kier alpha value is -2.40. The maximum absolute atomic E-state index is 12.3. The highest BCUT2D eigenvalue weighted by molar-refractivity contribution is 7.89. The van der Waals surface area contributed by atoms with E-state index < -0.39 is 21.0 Å². The summed E-state index contributed by atoms with van der Waals surface area (Å²) in [6, 6.07) is 3.93. The maximum Gasteiger partial charge on any atom is 0.406 e. The van der Waals surface area contributed by atoms with E-state index in [0.29, 0.717) is 5.69 Å². The third kappa shape index (κ3) is 6.07. The van der Waals surface area contributed by atoms with Gasteiger partial charge in [-0.25, -0.2) is 17.9 Å². The van der Waals surface area contributed by atoms with Crippen molar-refractivity contribution >= 4 is 27.5 Å². The van der Waals surface area contributed by atoms with Crippen molar-refractivity contribution in [3.05, 3.63) is 28.3 Å². The number of alkyl carbamates (subject to hydrolysis) is 1. The first-order valence-electron chi connectivity index (χ1n) is 8.72. The third-order valence-electron chi connectivity index (χ3n) is 4.27. The van der Waals surface area contributed by atoms with Gasteiger partial charge >= 0.3 is 6.09 Å². The first-order valence-corrected chi connectivity index (χ1v) is 10.2. The van der Waals surface area contributed by atoms with Crippen molar-refractivity contribution in [2.24, 2.45) is 0 Å². The normalized spacial score (nSPS) is 15.1. The lowest BCUT2D eigenvalue weighted by atomic mass is 9.95. The molecule has 0 heterocycles. The van der Waals surface area contributed by atoms with E-state index in [1.807, 2.05) is 0 Å². The predicted octanol–water partition coefficient (Wildman–Crippen LogP) is 1.97. The topological polar surface area (TPSA) is 140 Å². The zero-order chi connectivity index (χ0) is 19.9. The molecule has 1 aromatic rings. The molecule has 0 aliphatic heterocycles. The summed E-state index contributed by atoms with van der Waals surface area (Å²) >= 11 is 0. The number of rotatable bonds is 8. The van der Waals surface area contributed by atoms with Crippen molar-refractivity contribution < 1.29 is 22.9 Å². The standard InChI is InChI=1S/C16H24N4O6S/c1-17-16(21)26-10-9-18-27(24,25)13-7-8-14(15(11-13)20(22)23)19-12-5-3-2-4-6-12/h7-8,11-12,18-19H,2-6,9-10H2,1H3,(H,17,21). The van der Waals surface area contributed by atoms with Crippen LogP contribution in [0.15, 0.2) is 23.1 Å². The zero-order valence-electron chi connectivity index (χ0n) is 15.1. The number of nitrogens with zero attached hydrogens (tertiary/aromatic N) is 1. The molecule has 150 valence electrons. The summed E-state index contributed by atoms with van der Waals surface area (Å²) in [4.78, 5) is 21.5. The number of benzene rings is 1. The molecule has 1 fully saturated rings. The fourth-order valence-corrected chi connectivity index (χ4v) is 3.93. The highest BCUT2D eigenvalue weighted by Gasteiger charge is 2.23. The second-order valence-corrected chi connectivity index (χ2v) is 7.97. The fraction of sp³-hybridized carbons (Fsp3) is 0.562. The molecule has 0 radical (unpaired) electrons. The molecule has 1 aliphatic rings. The number of hydrogen-bond acceptors (Lipinski definition) is 7. The second kappa shape index (κ2) is 9.51. The lowest BCUT2D eigenvalue weighted by molar-refractivity contribution is -0.384. The van der Waals surface area contributed by atoms with Crippen LogP contribution in [0.25, 0.3) is 0 Å². The largest absolute Gasteiger partial charge is 0.448 e. The van der Waals surface area contributed by atoms with Gasteiger partial charge in [0.15, 0.2) is 0 Å². The minimum Gasteiger partial charge on any atom is -0.448 e. The summed E-state index contributed by atoms with van der Waals surface area (Å²) in [6.45, 7) is -0.312. The Morgan fingerprint density at radius 1 is 1.30 bits per heavy atom. The van der Waals surface area contributed by atoms with Gasteiger partial charge < -0.3 is 15.4 Å². The molecule has 0 aromatic heterocycles. The van der Waals surface area contributed by atoms with E-state index >= 15 is 0 Å². The smallest absolute Gasteiger partial charge is 0.406 e. The van der Waals surface area contributed by atoms with Gasteiger partial charge in [-0.15, -0.1) is 0 Å². The minimum absolute atomic E-state index is 0.147. The quantitative estimate of drug-likeness (QED) is 0.344. The number of hydrogen-bond donors (Lipinski definition) is 3. The van der Waals surface area contributed by atoms with Crippen LogP contribution < -0.4 is 15.4 Å². The van der Waals surface area contributed by atoms with E-state index in [-0.39, 0.29) is 29.8 Å². The average Bonchev–Trinajstić information content (AvgIpc) is 2.65. The number of carbonyl (C=O) groups is 1. The number of ether oxygens (including phenoxy) is 1. The monoisotopic (exact) mass is 400 g/mol. The molecule has 1 aliphatic carbocycles. The highest BCUT2D eigenvalue weighted by atomic mass is 32.2. The zero-order valence-corrected chi connectivity index (χ0v) is 15.9. The Balaban J connectivity index is 2.08. The van der Waals surface area contributed by atoms with Gasteiger partial charge in [0.25, 0.3) is 5.69 Å². The van der Waals surface area contributed by atoms with E-state index in [2.05, 4.69) is 15.4 Å². The van der Waals surface area contributed by atoms with Crippen LogP contribution in [0.1, 0.15) is 32.1 Å². The Kier molecular flexibility index (Phi) is 7.36. The number of sulfonamides is 1. The van der Waals surface area contributed by atoms with Crippen molar-refractivity contribution in [3.63, 3.8) is 0 Å². The highest BCUT2D eigenvalue weighted by Crippen LogP contribution is 2.30. The van der Waals surface area contributed by atoms with Crippen LogP contribution in [-0.4, -0.2) is 45.7 Å². The van der Waals surface area contributed by atoms with E-state index in [1.54, 1.807) is 0 Å². The van der Waals surface area contributed by atoms with Gasteiger partial charge in [-0.1, -0.05) is 19.3 Å². The van der Waals surface area contributed by atoms with Crippen LogP contribution in [0, 0.1) is 10.1 Å². The molecule has 27 heavy (non-hydrogen) atoms. The first-order chi connectivity index (χ1) is 12.8. The molecule has 1 aromatic carbocycles. The molecule has 2 rings (SSSR count). The Morgan fingerprint density at radius 3 is 2.63 bits per heavy atom. The summed E-state index contributed by atoms with van der Waals surface area (Å²) < 4.78 is 31.6. The van der Waals surface area contributed by atoms with Crippen molar-refractivity contribution in [3.8, 4) is 0 Å². The van der Waals surface area contributed by atoms with E-state index in [1.165, 1.54) is 19.2 Å². The van der Waals surface area contributed by atoms with Crippen LogP contribution >= 0.6 is 0 Å². The van der Waals surface area contributed by atoms with E-state index in [9.17, 15) is 23.3 Å². The molecule has 0 spiro atoms. The average molecular weight is 400 g/mol. The Bertz CT molecular complexity index is 777. The van der Waals surface area contributed by atoms with Crippen LogP contribution in [0.5, 0.6) is 0 Å². The first kappa shape index (κ1) is 20.9. The van der Waals surface area contributed by atoms with Gasteiger partial charge in [0.2, 0.25) is 10.0 Å². The molecule has 0 atom stereocenters. The molecule has 3 N–H and O–H groups in total. The summed E-state index contributed by atoms with van der Waals surface area (Å²) in [7, 11) is -2.58. The molecule has 1 amide bonds. The number of nitro benzene ring substituents is 1. The summed E-state index contributed by atoms with van der Waals surface area (Å²) in [6.07, 6.45) is 4.49. The van der Waals surface area contributed by atoms with E-state index in [0.717, 1.165) is 38.2 Å². The second-order valence-electron chi connectivity index (χ2n) is 6.20. The number of anilines is 1. The Labute approximate surface area is 157 Å². The Morgan fingerprint density at radius 2 is 2.00 bits per heavy atom. The van der Waals surface area contributed by atoms with Gasteiger partial charge in [0.1, 0.15) is 12.3 Å².